The molecule has 0 unspecified atom stereocenters. The second kappa shape index (κ2) is 7.90. The van der Waals surface area contributed by atoms with E-state index in [1.54, 1.807) is 34.2 Å². The molecule has 150 valence electrons. The molecule has 29 heavy (non-hydrogen) atoms. The fraction of sp³-hybridized carbons (Fsp3) is 0.333. The van der Waals surface area contributed by atoms with Crippen LogP contribution >= 0.6 is 0 Å². The Morgan fingerprint density at radius 3 is 2.31 bits per heavy atom. The lowest BCUT2D eigenvalue weighted by molar-refractivity contribution is -0.133. The van der Waals surface area contributed by atoms with E-state index < -0.39 is 0 Å². The van der Waals surface area contributed by atoms with Crippen molar-refractivity contribution in [3.8, 4) is 0 Å². The maximum atomic E-state index is 12.7. The molecule has 0 saturated carbocycles. The van der Waals surface area contributed by atoms with E-state index in [1.807, 2.05) is 24.3 Å². The van der Waals surface area contributed by atoms with Crippen LogP contribution in [0.5, 0.6) is 0 Å². The predicted molar refractivity (Wildman–Crippen MR) is 108 cm³/mol. The Labute approximate surface area is 168 Å². The van der Waals surface area contributed by atoms with Gasteiger partial charge in [-0.2, -0.15) is 0 Å². The van der Waals surface area contributed by atoms with Gasteiger partial charge in [-0.25, -0.2) is 9.48 Å². The van der Waals surface area contributed by atoms with Crippen molar-refractivity contribution < 1.29 is 9.59 Å². The summed E-state index contributed by atoms with van der Waals surface area (Å²) in [5, 5.41) is 4.20. The highest BCUT2D eigenvalue weighted by Gasteiger charge is 2.25. The molecule has 3 heterocycles. The zero-order chi connectivity index (χ0) is 20.4. The molecule has 1 aliphatic rings. The number of amides is 2. The minimum atomic E-state index is -0.335. The number of benzene rings is 1. The number of rotatable bonds is 4. The normalized spacial score (nSPS) is 14.4. The van der Waals surface area contributed by atoms with Crippen molar-refractivity contribution in [3.63, 3.8) is 0 Å². The smallest absolute Gasteiger partial charge is 0.338 e. The van der Waals surface area contributed by atoms with Crippen LogP contribution < -0.4 is 5.69 Å². The van der Waals surface area contributed by atoms with Gasteiger partial charge in [0.1, 0.15) is 6.54 Å². The van der Waals surface area contributed by atoms with E-state index in [-0.39, 0.29) is 24.0 Å². The lowest BCUT2D eigenvalue weighted by Gasteiger charge is -2.34. The maximum Gasteiger partial charge on any atom is 0.350 e. The fourth-order valence-corrected chi connectivity index (χ4v) is 3.52. The van der Waals surface area contributed by atoms with E-state index in [2.05, 4.69) is 12.0 Å². The standard InChI is InChI=1S/C21H23N5O3/c1-2-16-6-8-17(9-7-16)20(28)24-13-11-23(12-14-24)19(27)15-26-21(29)25-10-4-3-5-18(25)22-26/h3-10H,2,11-15H2,1H3. The second-order valence-corrected chi connectivity index (χ2v) is 7.09. The van der Waals surface area contributed by atoms with Crippen molar-refractivity contribution in [2.45, 2.75) is 19.9 Å². The first kappa shape index (κ1) is 18.9. The summed E-state index contributed by atoms with van der Waals surface area (Å²) in [6.07, 6.45) is 2.56. The van der Waals surface area contributed by atoms with E-state index in [9.17, 15) is 14.4 Å². The molecule has 8 heteroatoms. The Kier molecular flexibility index (Phi) is 5.16. The number of hydrogen-bond donors (Lipinski definition) is 0. The molecule has 0 N–H and O–H groups in total. The van der Waals surface area contributed by atoms with Crippen LogP contribution in [0.15, 0.2) is 53.5 Å². The number of pyridine rings is 1. The molecule has 0 atom stereocenters. The topological polar surface area (TPSA) is 79.9 Å². The third-order valence-electron chi connectivity index (χ3n) is 5.30. The zero-order valence-electron chi connectivity index (χ0n) is 16.3. The molecule has 1 aliphatic heterocycles. The summed E-state index contributed by atoms with van der Waals surface area (Å²) in [7, 11) is 0. The van der Waals surface area contributed by atoms with Gasteiger partial charge < -0.3 is 9.80 Å². The molecule has 1 fully saturated rings. The van der Waals surface area contributed by atoms with Crippen molar-refractivity contribution in [1.29, 1.82) is 0 Å². The quantitative estimate of drug-likeness (QED) is 0.664. The van der Waals surface area contributed by atoms with E-state index in [0.717, 1.165) is 6.42 Å². The van der Waals surface area contributed by atoms with Gasteiger partial charge >= 0.3 is 5.69 Å². The van der Waals surface area contributed by atoms with Crippen LogP contribution in [-0.4, -0.2) is 62.0 Å². The molecule has 1 saturated heterocycles. The largest absolute Gasteiger partial charge is 0.350 e. The lowest BCUT2D eigenvalue weighted by Crippen LogP contribution is -2.51. The molecule has 0 aliphatic carbocycles. The summed E-state index contributed by atoms with van der Waals surface area (Å²) in [5.41, 5.74) is 2.03. The van der Waals surface area contributed by atoms with Crippen LogP contribution in [0.4, 0.5) is 0 Å². The van der Waals surface area contributed by atoms with Crippen molar-refractivity contribution in [2.24, 2.45) is 0 Å². The number of piperazine rings is 1. The zero-order valence-corrected chi connectivity index (χ0v) is 16.3. The van der Waals surface area contributed by atoms with E-state index in [1.165, 1.54) is 14.6 Å². The number of carbonyl (C=O) groups is 2. The summed E-state index contributed by atoms with van der Waals surface area (Å²) in [6.45, 7) is 3.81. The Morgan fingerprint density at radius 2 is 1.66 bits per heavy atom. The van der Waals surface area contributed by atoms with Crippen LogP contribution in [0.3, 0.4) is 0 Å². The summed E-state index contributed by atoms with van der Waals surface area (Å²) in [4.78, 5) is 41.1. The molecular formula is C21H23N5O3. The highest BCUT2D eigenvalue weighted by Crippen LogP contribution is 2.11. The summed E-state index contributed by atoms with van der Waals surface area (Å²) in [6, 6.07) is 12.9. The monoisotopic (exact) mass is 393 g/mol. The van der Waals surface area contributed by atoms with Crippen molar-refractivity contribution in [3.05, 3.63) is 70.3 Å². The average molecular weight is 393 g/mol. The average Bonchev–Trinajstić information content (AvgIpc) is 3.09. The van der Waals surface area contributed by atoms with Gasteiger partial charge in [0.2, 0.25) is 5.91 Å². The van der Waals surface area contributed by atoms with Gasteiger partial charge in [-0.15, -0.1) is 5.10 Å². The van der Waals surface area contributed by atoms with Crippen LogP contribution in [0.2, 0.25) is 0 Å². The second-order valence-electron chi connectivity index (χ2n) is 7.09. The van der Waals surface area contributed by atoms with Gasteiger partial charge in [0, 0.05) is 37.9 Å². The molecule has 4 rings (SSSR count). The van der Waals surface area contributed by atoms with Gasteiger partial charge in [0.05, 0.1) is 0 Å². The first-order valence-corrected chi connectivity index (χ1v) is 9.77. The van der Waals surface area contributed by atoms with Crippen LogP contribution in [0, 0.1) is 0 Å². The number of aromatic nitrogens is 3. The molecule has 8 nitrogen and oxygen atoms in total. The van der Waals surface area contributed by atoms with Crippen molar-refractivity contribution in [2.75, 3.05) is 26.2 Å². The first-order chi connectivity index (χ1) is 14.1. The minimum absolute atomic E-state index is 0.0173. The lowest BCUT2D eigenvalue weighted by atomic mass is 10.1. The highest BCUT2D eigenvalue weighted by atomic mass is 16.2. The summed E-state index contributed by atoms with van der Waals surface area (Å²) < 4.78 is 2.60. The first-order valence-electron chi connectivity index (χ1n) is 9.77. The van der Waals surface area contributed by atoms with Gasteiger partial charge in [-0.05, 0) is 36.2 Å². The minimum Gasteiger partial charge on any atom is -0.338 e. The van der Waals surface area contributed by atoms with Gasteiger partial charge in [-0.3, -0.25) is 14.0 Å². The third-order valence-corrected chi connectivity index (χ3v) is 5.30. The maximum absolute atomic E-state index is 12.7. The predicted octanol–water partition coefficient (Wildman–Crippen LogP) is 1.04. The van der Waals surface area contributed by atoms with Gasteiger partial charge in [0.15, 0.2) is 5.65 Å². The molecular weight excluding hydrogens is 370 g/mol. The van der Waals surface area contributed by atoms with Gasteiger partial charge in [-0.1, -0.05) is 25.1 Å². The Bertz CT molecular complexity index is 1090. The van der Waals surface area contributed by atoms with Gasteiger partial charge in [0.25, 0.3) is 5.91 Å². The molecule has 2 amide bonds. The number of aryl methyl sites for hydroxylation is 1. The fourth-order valence-electron chi connectivity index (χ4n) is 3.52. The Morgan fingerprint density at radius 1 is 0.966 bits per heavy atom. The molecule has 1 aromatic carbocycles. The number of carbonyl (C=O) groups excluding carboxylic acids is 2. The molecule has 0 radical (unpaired) electrons. The van der Waals surface area contributed by atoms with Crippen molar-refractivity contribution >= 4 is 17.5 Å². The van der Waals surface area contributed by atoms with Crippen LogP contribution in [0.25, 0.3) is 5.65 Å². The molecule has 0 bridgehead atoms. The summed E-state index contributed by atoms with van der Waals surface area (Å²) >= 11 is 0. The highest BCUT2D eigenvalue weighted by molar-refractivity contribution is 5.94. The summed E-state index contributed by atoms with van der Waals surface area (Å²) in [5.74, 6) is -0.189. The number of fused-ring (bicyclic) bond motifs is 1. The van der Waals surface area contributed by atoms with E-state index in [0.29, 0.717) is 37.4 Å². The van der Waals surface area contributed by atoms with Crippen molar-refractivity contribution in [1.82, 2.24) is 24.0 Å². The molecule has 3 aromatic rings. The SMILES string of the molecule is CCc1ccc(C(=O)N2CCN(C(=O)Cn3nc4ccccn4c3=O)CC2)cc1. The van der Waals surface area contributed by atoms with E-state index in [4.69, 9.17) is 0 Å². The van der Waals surface area contributed by atoms with Crippen LogP contribution in [0.1, 0.15) is 22.8 Å². The Balaban J connectivity index is 1.37. The van der Waals surface area contributed by atoms with Crippen LogP contribution in [-0.2, 0) is 17.8 Å². The number of nitrogens with zero attached hydrogens (tertiary/aromatic N) is 5. The van der Waals surface area contributed by atoms with E-state index >= 15 is 0 Å². The Hall–Kier alpha value is -3.42. The number of hydrogen-bond acceptors (Lipinski definition) is 4. The third kappa shape index (κ3) is 3.78. The molecule has 0 spiro atoms. The molecule has 2 aromatic heterocycles.